The first-order valence-electron chi connectivity index (χ1n) is 3.18. The molecule has 1 aromatic carbocycles. The van der Waals surface area contributed by atoms with Gasteiger partial charge in [-0.3, -0.25) is 0 Å². The molecule has 0 aliphatic heterocycles. The topological polar surface area (TPSA) is 0 Å². The molecule has 0 saturated carbocycles. The van der Waals surface area contributed by atoms with Crippen molar-refractivity contribution < 1.29 is 0 Å². The molecule has 0 unspecified atom stereocenters. The van der Waals surface area contributed by atoms with Crippen LogP contribution in [0.1, 0.15) is 11.1 Å². The van der Waals surface area contributed by atoms with Crippen molar-refractivity contribution in [1.29, 1.82) is 0 Å². The van der Waals surface area contributed by atoms with Gasteiger partial charge in [0.05, 0.1) is 0 Å². The van der Waals surface area contributed by atoms with E-state index in [0.717, 1.165) is 0 Å². The van der Waals surface area contributed by atoms with Crippen LogP contribution in [0.3, 0.4) is 0 Å². The molecule has 0 spiro atoms. The molecule has 0 nitrogen and oxygen atoms in total. The maximum absolute atomic E-state index is 3.65. The van der Waals surface area contributed by atoms with Gasteiger partial charge in [0.1, 0.15) is 0 Å². The number of halogens is 1. The molecule has 0 N–H and O–H groups in total. The normalized spacial score (nSPS) is 9.90. The standard InChI is InChI=1S/C8H9.BrH.Pb/c1-7-4-3-5-8(2)6-7;;/h3-5H,1-2H3;1H;/q;;+1/p-1. The van der Waals surface area contributed by atoms with E-state index >= 15 is 0 Å². The maximum atomic E-state index is 3.65. The molecule has 0 aliphatic carbocycles. The average molecular weight is 392 g/mol. The molecular weight excluding hydrogens is 383 g/mol. The summed E-state index contributed by atoms with van der Waals surface area (Å²) in [6.45, 7) is 4.38. The molecule has 52 valence electrons. The summed E-state index contributed by atoms with van der Waals surface area (Å²) in [4.78, 5) is 0. The molecule has 0 aliphatic rings. The van der Waals surface area contributed by atoms with Gasteiger partial charge in [0.15, 0.2) is 0 Å². The van der Waals surface area contributed by atoms with Gasteiger partial charge in [0.25, 0.3) is 0 Å². The van der Waals surface area contributed by atoms with Crippen LogP contribution in [0, 0.1) is 13.8 Å². The number of aryl methyl sites for hydroxylation is 2. The van der Waals surface area contributed by atoms with Crippen LogP contribution in [0.25, 0.3) is 0 Å². The van der Waals surface area contributed by atoms with Crippen molar-refractivity contribution in [2.75, 3.05) is 0 Å². The third kappa shape index (κ3) is 1.81. The molecule has 0 amide bonds. The summed E-state index contributed by atoms with van der Waals surface area (Å²) in [6, 6.07) is 6.51. The fraction of sp³-hybridized carbons (Fsp3) is 0.250. The molecular formula is C8H9BrPb. The molecule has 2 heteroatoms. The van der Waals surface area contributed by atoms with Gasteiger partial charge in [-0.25, -0.2) is 0 Å². The third-order valence-electron chi connectivity index (χ3n) is 1.58. The number of rotatable bonds is 1. The van der Waals surface area contributed by atoms with E-state index < -0.39 is 21.8 Å². The van der Waals surface area contributed by atoms with Crippen molar-refractivity contribution in [2.24, 2.45) is 0 Å². The van der Waals surface area contributed by atoms with E-state index in [4.69, 9.17) is 0 Å². The van der Waals surface area contributed by atoms with Crippen LogP contribution in [0.4, 0.5) is 0 Å². The van der Waals surface area contributed by atoms with Gasteiger partial charge in [0, 0.05) is 0 Å². The third-order valence-corrected chi connectivity index (χ3v) is 8.86. The minimum absolute atomic E-state index is 0.601. The summed E-state index contributed by atoms with van der Waals surface area (Å²) in [5, 5.41) is 0. The van der Waals surface area contributed by atoms with Crippen LogP contribution in [-0.2, 0) is 0 Å². The Kier molecular flexibility index (Phi) is 3.36. The summed E-state index contributed by atoms with van der Waals surface area (Å²) in [6.07, 6.45) is 0. The first-order chi connectivity index (χ1) is 4.75. The zero-order valence-electron chi connectivity index (χ0n) is 6.11. The zero-order valence-corrected chi connectivity index (χ0v) is 11.6. The first kappa shape index (κ1) is 8.72. The summed E-state index contributed by atoms with van der Waals surface area (Å²) < 4.78 is 1.61. The second-order valence-corrected chi connectivity index (χ2v) is 8.52. The Balaban J connectivity index is 3.17. The van der Waals surface area contributed by atoms with Gasteiger partial charge in [0.2, 0.25) is 0 Å². The first-order valence-corrected chi connectivity index (χ1v) is 13.6. The van der Waals surface area contributed by atoms with Crippen molar-refractivity contribution in [3.63, 3.8) is 0 Å². The number of hydrogen-bond donors (Lipinski definition) is 0. The van der Waals surface area contributed by atoms with Gasteiger partial charge in [-0.2, -0.15) is 0 Å². The summed E-state index contributed by atoms with van der Waals surface area (Å²) in [5.41, 5.74) is 2.92. The van der Waals surface area contributed by atoms with E-state index in [0.29, 0.717) is 0 Å². The zero-order chi connectivity index (χ0) is 7.56. The summed E-state index contributed by atoms with van der Waals surface area (Å²) >= 11 is 3.05. The van der Waals surface area contributed by atoms with Gasteiger partial charge in [-0.05, 0) is 0 Å². The fourth-order valence-corrected chi connectivity index (χ4v) is 8.26. The van der Waals surface area contributed by atoms with Crippen LogP contribution in [0.15, 0.2) is 18.2 Å². The molecule has 1 rings (SSSR count). The molecule has 0 bridgehead atoms. The fourth-order valence-electron chi connectivity index (χ4n) is 0.964. The van der Waals surface area contributed by atoms with Gasteiger partial charge >= 0.3 is 80.1 Å². The van der Waals surface area contributed by atoms with Crippen LogP contribution in [0.2, 0.25) is 0 Å². The van der Waals surface area contributed by atoms with E-state index in [-0.39, 0.29) is 0 Å². The molecule has 0 atom stereocenters. The Labute approximate surface area is 79.5 Å². The van der Waals surface area contributed by atoms with E-state index in [1.165, 1.54) is 11.1 Å². The Bertz CT molecular complexity index is 212. The van der Waals surface area contributed by atoms with E-state index in [9.17, 15) is 0 Å². The monoisotopic (exact) mass is 392 g/mol. The van der Waals surface area contributed by atoms with Crippen LogP contribution < -0.4 is 3.12 Å². The van der Waals surface area contributed by atoms with Crippen LogP contribution in [-0.4, -0.2) is 21.8 Å². The predicted molar refractivity (Wildman–Crippen MR) is 50.2 cm³/mol. The number of benzene rings is 1. The van der Waals surface area contributed by atoms with Crippen molar-refractivity contribution in [2.45, 2.75) is 13.8 Å². The molecule has 0 saturated heterocycles. The van der Waals surface area contributed by atoms with E-state index in [1.807, 2.05) is 0 Å². The van der Waals surface area contributed by atoms with Crippen molar-refractivity contribution in [3.05, 3.63) is 29.3 Å². The quantitative estimate of drug-likeness (QED) is 0.641. The molecule has 0 aromatic heterocycles. The van der Waals surface area contributed by atoms with Gasteiger partial charge < -0.3 is 0 Å². The SMILES string of the molecule is Cc1cccc(C)[c]1[Pb][Br]. The number of hydrogen-bond acceptors (Lipinski definition) is 0. The van der Waals surface area contributed by atoms with Crippen LogP contribution >= 0.6 is 12.0 Å². The molecule has 0 fully saturated rings. The van der Waals surface area contributed by atoms with Crippen LogP contribution in [0.5, 0.6) is 0 Å². The van der Waals surface area contributed by atoms with Crippen molar-refractivity contribution in [1.82, 2.24) is 0 Å². The molecule has 0 heterocycles. The molecule has 1 aromatic rings. The Hall–Kier alpha value is 0.622. The van der Waals surface area contributed by atoms with E-state index in [1.54, 1.807) is 3.12 Å². The second-order valence-electron chi connectivity index (χ2n) is 2.36. The molecule has 2 radical (unpaired) electrons. The summed E-state index contributed by atoms with van der Waals surface area (Å²) in [7, 11) is 0. The Morgan fingerprint density at radius 1 is 1.20 bits per heavy atom. The predicted octanol–water partition coefficient (Wildman–Crippen LogP) is 1.94. The second kappa shape index (κ2) is 3.85. The Morgan fingerprint density at radius 2 is 1.70 bits per heavy atom. The van der Waals surface area contributed by atoms with Crippen molar-refractivity contribution >= 4 is 36.9 Å². The van der Waals surface area contributed by atoms with Gasteiger partial charge in [-0.1, -0.05) is 0 Å². The summed E-state index contributed by atoms with van der Waals surface area (Å²) in [5.74, 6) is 0. The average Bonchev–Trinajstić information content (AvgIpc) is 1.88. The molecule has 10 heavy (non-hydrogen) atoms. The Morgan fingerprint density at radius 3 is 2.00 bits per heavy atom. The minimum atomic E-state index is -0.601. The van der Waals surface area contributed by atoms with E-state index in [2.05, 4.69) is 44.0 Å². The van der Waals surface area contributed by atoms with Gasteiger partial charge in [-0.15, -0.1) is 0 Å². The van der Waals surface area contributed by atoms with Crippen molar-refractivity contribution in [3.8, 4) is 0 Å².